The van der Waals surface area contributed by atoms with E-state index in [-0.39, 0.29) is 12.6 Å². The number of nitrogens with zero attached hydrogens (tertiary/aromatic N) is 2. The molecule has 0 bridgehead atoms. The maximum absolute atomic E-state index is 9.37. The highest BCUT2D eigenvalue weighted by Crippen LogP contribution is 2.25. The van der Waals surface area contributed by atoms with Crippen molar-refractivity contribution in [3.8, 4) is 0 Å². The maximum Gasteiger partial charge on any atom is 0.0604 e. The van der Waals surface area contributed by atoms with E-state index in [2.05, 4.69) is 29.8 Å². The normalized spacial score (nSPS) is 26.2. The van der Waals surface area contributed by atoms with Crippen LogP contribution in [0.5, 0.6) is 0 Å². The fraction of sp³-hybridized carbons (Fsp3) is 0.538. The molecule has 0 aliphatic carbocycles. The first-order chi connectivity index (χ1) is 8.11. The lowest BCUT2D eigenvalue weighted by Gasteiger charge is -2.44. The van der Waals surface area contributed by atoms with E-state index in [0.717, 1.165) is 23.8 Å². The van der Waals surface area contributed by atoms with Crippen molar-refractivity contribution in [2.75, 3.05) is 31.6 Å². The van der Waals surface area contributed by atoms with Gasteiger partial charge in [-0.2, -0.15) is 0 Å². The van der Waals surface area contributed by atoms with Gasteiger partial charge in [-0.05, 0) is 32.2 Å². The van der Waals surface area contributed by atoms with E-state index in [4.69, 9.17) is 11.6 Å². The molecule has 17 heavy (non-hydrogen) atoms. The van der Waals surface area contributed by atoms with Gasteiger partial charge in [0.15, 0.2) is 0 Å². The Bertz CT molecular complexity index is 385. The highest BCUT2D eigenvalue weighted by Gasteiger charge is 2.28. The van der Waals surface area contributed by atoms with E-state index in [1.165, 1.54) is 0 Å². The number of benzene rings is 1. The largest absolute Gasteiger partial charge is 0.395 e. The predicted octanol–water partition coefficient (Wildman–Crippen LogP) is 1.84. The second-order valence-corrected chi connectivity index (χ2v) is 5.19. The SMILES string of the molecule is CC1CN(C)C(CO)CN1c1cccc(Cl)c1. The smallest absolute Gasteiger partial charge is 0.0604 e. The molecule has 2 unspecified atom stereocenters. The molecule has 1 N–H and O–H groups in total. The van der Waals surface area contributed by atoms with Gasteiger partial charge in [0.2, 0.25) is 0 Å². The Morgan fingerprint density at radius 3 is 2.82 bits per heavy atom. The molecule has 1 aromatic carbocycles. The second kappa shape index (κ2) is 5.25. The van der Waals surface area contributed by atoms with E-state index >= 15 is 0 Å². The zero-order chi connectivity index (χ0) is 12.4. The highest BCUT2D eigenvalue weighted by molar-refractivity contribution is 6.30. The third-order valence-electron chi connectivity index (χ3n) is 3.47. The minimum atomic E-state index is 0.195. The fourth-order valence-electron chi connectivity index (χ4n) is 2.42. The summed E-state index contributed by atoms with van der Waals surface area (Å²) in [6.45, 7) is 4.19. The zero-order valence-corrected chi connectivity index (χ0v) is 11.1. The van der Waals surface area contributed by atoms with Crippen LogP contribution in [0.3, 0.4) is 0 Å². The molecular weight excluding hydrogens is 236 g/mol. The molecular formula is C13H19ClN2O. The van der Waals surface area contributed by atoms with Crippen LogP contribution in [0.25, 0.3) is 0 Å². The van der Waals surface area contributed by atoms with Gasteiger partial charge in [0, 0.05) is 29.8 Å². The van der Waals surface area contributed by atoms with Crippen LogP contribution in [0.2, 0.25) is 5.02 Å². The summed E-state index contributed by atoms with van der Waals surface area (Å²) in [7, 11) is 2.06. The number of piperazine rings is 1. The Labute approximate surface area is 108 Å². The predicted molar refractivity (Wildman–Crippen MR) is 71.8 cm³/mol. The number of halogens is 1. The summed E-state index contributed by atoms with van der Waals surface area (Å²) in [4.78, 5) is 4.53. The summed E-state index contributed by atoms with van der Waals surface area (Å²) in [5.41, 5.74) is 1.14. The molecule has 3 nitrogen and oxygen atoms in total. The molecule has 1 aromatic rings. The first-order valence-corrected chi connectivity index (χ1v) is 6.33. The van der Waals surface area contributed by atoms with Gasteiger partial charge in [0.1, 0.15) is 0 Å². The van der Waals surface area contributed by atoms with E-state index in [0.29, 0.717) is 6.04 Å². The average molecular weight is 255 g/mol. The van der Waals surface area contributed by atoms with Crippen LogP contribution in [-0.2, 0) is 0 Å². The Hall–Kier alpha value is -0.770. The van der Waals surface area contributed by atoms with Crippen LogP contribution in [0.15, 0.2) is 24.3 Å². The van der Waals surface area contributed by atoms with E-state index in [9.17, 15) is 5.11 Å². The van der Waals surface area contributed by atoms with Crippen LogP contribution >= 0.6 is 11.6 Å². The number of rotatable bonds is 2. The molecule has 1 heterocycles. The molecule has 0 spiro atoms. The molecule has 0 radical (unpaired) electrons. The monoisotopic (exact) mass is 254 g/mol. The molecule has 0 saturated carbocycles. The van der Waals surface area contributed by atoms with Gasteiger partial charge >= 0.3 is 0 Å². The molecule has 94 valence electrons. The molecule has 0 aromatic heterocycles. The van der Waals surface area contributed by atoms with E-state index < -0.39 is 0 Å². The number of aliphatic hydroxyl groups is 1. The van der Waals surface area contributed by atoms with Crippen molar-refractivity contribution in [1.82, 2.24) is 4.90 Å². The van der Waals surface area contributed by atoms with E-state index in [1.54, 1.807) is 0 Å². The van der Waals surface area contributed by atoms with E-state index in [1.807, 2.05) is 18.2 Å². The quantitative estimate of drug-likeness (QED) is 0.873. The maximum atomic E-state index is 9.37. The standard InChI is InChI=1S/C13H19ClN2O/c1-10-7-15(2)13(9-17)8-16(10)12-5-3-4-11(14)6-12/h3-6,10,13,17H,7-9H2,1-2H3. The van der Waals surface area contributed by atoms with Gasteiger partial charge in [-0.15, -0.1) is 0 Å². The van der Waals surface area contributed by atoms with Crippen molar-refractivity contribution in [2.24, 2.45) is 0 Å². The van der Waals surface area contributed by atoms with Crippen molar-refractivity contribution in [2.45, 2.75) is 19.0 Å². The first-order valence-electron chi connectivity index (χ1n) is 5.95. The Morgan fingerprint density at radius 2 is 2.18 bits per heavy atom. The van der Waals surface area contributed by atoms with Crippen LogP contribution in [0.1, 0.15) is 6.92 Å². The van der Waals surface area contributed by atoms with Gasteiger partial charge in [-0.25, -0.2) is 0 Å². The molecule has 4 heteroatoms. The van der Waals surface area contributed by atoms with Gasteiger partial charge in [-0.3, -0.25) is 4.90 Å². The summed E-state index contributed by atoms with van der Waals surface area (Å²) in [6.07, 6.45) is 0. The Balaban J connectivity index is 2.20. The molecule has 0 amide bonds. The van der Waals surface area contributed by atoms with Crippen LogP contribution in [0.4, 0.5) is 5.69 Å². The first kappa shape index (κ1) is 12.7. The van der Waals surface area contributed by atoms with Crippen molar-refractivity contribution < 1.29 is 5.11 Å². The average Bonchev–Trinajstić information content (AvgIpc) is 2.29. The van der Waals surface area contributed by atoms with Crippen LogP contribution in [-0.4, -0.2) is 48.8 Å². The minimum Gasteiger partial charge on any atom is -0.395 e. The Kier molecular flexibility index (Phi) is 3.92. The molecule has 1 aliphatic heterocycles. The molecule has 2 atom stereocenters. The zero-order valence-electron chi connectivity index (χ0n) is 10.3. The third kappa shape index (κ3) is 2.73. The van der Waals surface area contributed by atoms with Gasteiger partial charge in [0.25, 0.3) is 0 Å². The Morgan fingerprint density at radius 1 is 1.41 bits per heavy atom. The van der Waals surface area contributed by atoms with Crippen molar-refractivity contribution >= 4 is 17.3 Å². The number of aliphatic hydroxyl groups excluding tert-OH is 1. The van der Waals surface area contributed by atoms with Gasteiger partial charge in [-0.1, -0.05) is 17.7 Å². The third-order valence-corrected chi connectivity index (χ3v) is 3.70. The summed E-state index contributed by atoms with van der Waals surface area (Å²) in [5, 5.41) is 10.1. The topological polar surface area (TPSA) is 26.7 Å². The molecule has 1 saturated heterocycles. The fourth-order valence-corrected chi connectivity index (χ4v) is 2.61. The molecule has 1 fully saturated rings. The van der Waals surface area contributed by atoms with Crippen molar-refractivity contribution in [3.05, 3.63) is 29.3 Å². The van der Waals surface area contributed by atoms with Gasteiger partial charge < -0.3 is 10.0 Å². The molecule has 1 aliphatic rings. The summed E-state index contributed by atoms with van der Waals surface area (Å²) in [6, 6.07) is 8.54. The van der Waals surface area contributed by atoms with Crippen molar-refractivity contribution in [1.29, 1.82) is 0 Å². The van der Waals surface area contributed by atoms with Crippen LogP contribution < -0.4 is 4.90 Å². The lowest BCUT2D eigenvalue weighted by Crippen LogP contribution is -2.57. The number of hydrogen-bond acceptors (Lipinski definition) is 3. The lowest BCUT2D eigenvalue weighted by atomic mass is 10.1. The summed E-state index contributed by atoms with van der Waals surface area (Å²) in [5.74, 6) is 0. The number of likely N-dealkylation sites (N-methyl/N-ethyl adjacent to an activating group) is 1. The lowest BCUT2D eigenvalue weighted by molar-refractivity contribution is 0.122. The second-order valence-electron chi connectivity index (χ2n) is 4.76. The highest BCUT2D eigenvalue weighted by atomic mass is 35.5. The summed E-state index contributed by atoms with van der Waals surface area (Å²) >= 11 is 6.02. The molecule has 2 rings (SSSR count). The number of anilines is 1. The van der Waals surface area contributed by atoms with Crippen molar-refractivity contribution in [3.63, 3.8) is 0 Å². The number of hydrogen-bond donors (Lipinski definition) is 1. The van der Waals surface area contributed by atoms with Crippen LogP contribution in [0, 0.1) is 0 Å². The van der Waals surface area contributed by atoms with Gasteiger partial charge in [0.05, 0.1) is 12.6 Å². The minimum absolute atomic E-state index is 0.195. The summed E-state index contributed by atoms with van der Waals surface area (Å²) < 4.78 is 0.